The summed E-state index contributed by atoms with van der Waals surface area (Å²) in [6.07, 6.45) is 7.16. The molecule has 2 nitrogen and oxygen atoms in total. The zero-order chi connectivity index (χ0) is 13.0. The molecule has 0 aromatic heterocycles. The van der Waals surface area contributed by atoms with Crippen molar-refractivity contribution in [2.45, 2.75) is 32.1 Å². The largest absolute Gasteiger partial charge is 0.497 e. The number of ether oxygens (including phenoxy) is 1. The van der Waals surface area contributed by atoms with Gasteiger partial charge in [-0.15, -0.1) is 0 Å². The van der Waals surface area contributed by atoms with Crippen LogP contribution in [0.25, 0.3) is 0 Å². The van der Waals surface area contributed by atoms with E-state index in [-0.39, 0.29) is 5.41 Å². The Hall–Kier alpha value is -1.57. The molecule has 1 fully saturated rings. The third kappa shape index (κ3) is 1.46. The van der Waals surface area contributed by atoms with Crippen LogP contribution in [-0.4, -0.2) is 12.9 Å². The van der Waals surface area contributed by atoms with Crippen molar-refractivity contribution in [2.24, 2.45) is 11.3 Å². The first-order valence-electron chi connectivity index (χ1n) is 7.08. The maximum absolute atomic E-state index is 12.7. The van der Waals surface area contributed by atoms with Crippen LogP contribution >= 0.6 is 0 Å². The van der Waals surface area contributed by atoms with Crippen molar-refractivity contribution in [3.8, 4) is 5.75 Å². The molecule has 2 heteroatoms. The van der Waals surface area contributed by atoms with Gasteiger partial charge in [0.2, 0.25) is 0 Å². The minimum absolute atomic E-state index is 0.0799. The number of carbonyl (C=O) groups is 1. The lowest BCUT2D eigenvalue weighted by Gasteiger charge is -2.39. The van der Waals surface area contributed by atoms with Crippen molar-refractivity contribution in [3.05, 3.63) is 41.0 Å². The van der Waals surface area contributed by atoms with Gasteiger partial charge in [-0.05, 0) is 54.9 Å². The van der Waals surface area contributed by atoms with Crippen LogP contribution < -0.4 is 4.74 Å². The summed E-state index contributed by atoms with van der Waals surface area (Å²) in [7, 11) is 1.70. The number of hydrogen-bond acceptors (Lipinski definition) is 2. The predicted molar refractivity (Wildman–Crippen MR) is 73.3 cm³/mol. The molecule has 0 radical (unpaired) electrons. The number of rotatable bonds is 1. The van der Waals surface area contributed by atoms with Gasteiger partial charge in [0.1, 0.15) is 11.5 Å². The van der Waals surface area contributed by atoms with E-state index >= 15 is 0 Å². The molecule has 2 bridgehead atoms. The Balaban J connectivity index is 1.77. The molecular formula is C17H18O2. The number of allylic oxidation sites excluding steroid dienone is 2. The molecule has 3 aliphatic rings. The standard InChI is InChI=1S/C17H18O2/c1-19-15-5-3-12-8-16(18)17(10-13(12)7-15)9-11-2-4-14(17)6-11/h2-3,5,7,14H,4,6,8-10H2,1H3. The van der Waals surface area contributed by atoms with Gasteiger partial charge in [0.05, 0.1) is 7.11 Å². The van der Waals surface area contributed by atoms with Crippen LogP contribution in [0.5, 0.6) is 5.75 Å². The monoisotopic (exact) mass is 254 g/mol. The number of carbonyl (C=O) groups excluding carboxylic acids is 1. The molecule has 1 spiro atoms. The zero-order valence-electron chi connectivity index (χ0n) is 11.2. The van der Waals surface area contributed by atoms with Gasteiger partial charge < -0.3 is 4.74 Å². The van der Waals surface area contributed by atoms with Crippen LogP contribution in [0.2, 0.25) is 0 Å². The molecule has 1 saturated carbocycles. The Morgan fingerprint density at radius 2 is 2.16 bits per heavy atom. The van der Waals surface area contributed by atoms with Gasteiger partial charge in [0, 0.05) is 11.8 Å². The summed E-state index contributed by atoms with van der Waals surface area (Å²) in [5.41, 5.74) is 3.97. The fourth-order valence-corrected chi connectivity index (χ4v) is 4.29. The number of benzene rings is 1. The van der Waals surface area contributed by atoms with E-state index in [0.717, 1.165) is 31.4 Å². The summed E-state index contributed by atoms with van der Waals surface area (Å²) in [6.45, 7) is 0. The van der Waals surface area contributed by atoms with Crippen molar-refractivity contribution >= 4 is 5.78 Å². The number of Topliss-reactive ketones (excluding diaryl/α,β-unsaturated/α-hetero) is 1. The molecule has 2 atom stereocenters. The van der Waals surface area contributed by atoms with Gasteiger partial charge in [0.25, 0.3) is 0 Å². The van der Waals surface area contributed by atoms with E-state index in [1.54, 1.807) is 7.11 Å². The van der Waals surface area contributed by atoms with Crippen LogP contribution in [0.4, 0.5) is 0 Å². The highest BCUT2D eigenvalue weighted by Crippen LogP contribution is 2.56. The molecule has 19 heavy (non-hydrogen) atoms. The Morgan fingerprint density at radius 3 is 2.84 bits per heavy atom. The maximum Gasteiger partial charge on any atom is 0.144 e. The van der Waals surface area contributed by atoms with Crippen molar-refractivity contribution in [1.82, 2.24) is 0 Å². The summed E-state index contributed by atoms with van der Waals surface area (Å²) in [5.74, 6) is 1.94. The first kappa shape index (κ1) is 11.3. The summed E-state index contributed by atoms with van der Waals surface area (Å²) in [6, 6.07) is 6.16. The number of methoxy groups -OCH3 is 1. The average Bonchev–Trinajstić information content (AvgIpc) is 3.01. The van der Waals surface area contributed by atoms with Crippen LogP contribution in [0, 0.1) is 11.3 Å². The molecule has 0 heterocycles. The van der Waals surface area contributed by atoms with Gasteiger partial charge >= 0.3 is 0 Å². The second-order valence-corrected chi connectivity index (χ2v) is 6.24. The molecule has 0 saturated heterocycles. The fraction of sp³-hybridized carbons (Fsp3) is 0.471. The third-order valence-electron chi connectivity index (χ3n) is 5.35. The van der Waals surface area contributed by atoms with E-state index in [1.165, 1.54) is 16.7 Å². The van der Waals surface area contributed by atoms with Gasteiger partial charge in [-0.25, -0.2) is 0 Å². The smallest absolute Gasteiger partial charge is 0.144 e. The SMILES string of the molecule is COc1ccc2c(c1)CC1(CC3=CCC1C3)C(=O)C2. The minimum atomic E-state index is -0.0799. The van der Waals surface area contributed by atoms with E-state index in [2.05, 4.69) is 18.2 Å². The lowest BCUT2D eigenvalue weighted by molar-refractivity contribution is -0.131. The van der Waals surface area contributed by atoms with E-state index in [1.807, 2.05) is 6.07 Å². The zero-order valence-corrected chi connectivity index (χ0v) is 11.2. The second kappa shape index (κ2) is 3.72. The van der Waals surface area contributed by atoms with E-state index < -0.39 is 0 Å². The summed E-state index contributed by atoms with van der Waals surface area (Å²) < 4.78 is 5.32. The third-order valence-corrected chi connectivity index (χ3v) is 5.35. The molecular weight excluding hydrogens is 236 g/mol. The fourth-order valence-electron chi connectivity index (χ4n) is 4.29. The Morgan fingerprint density at radius 1 is 1.26 bits per heavy atom. The van der Waals surface area contributed by atoms with E-state index in [0.29, 0.717) is 18.1 Å². The average molecular weight is 254 g/mol. The van der Waals surface area contributed by atoms with Crippen LogP contribution in [-0.2, 0) is 17.6 Å². The molecule has 1 aromatic rings. The number of ketones is 1. The van der Waals surface area contributed by atoms with Gasteiger partial charge in [-0.1, -0.05) is 17.7 Å². The molecule has 2 unspecified atom stereocenters. The Labute approximate surface area is 113 Å². The first-order chi connectivity index (χ1) is 9.21. The molecule has 3 aliphatic carbocycles. The first-order valence-corrected chi connectivity index (χ1v) is 7.08. The Bertz CT molecular complexity index is 599. The van der Waals surface area contributed by atoms with E-state index in [4.69, 9.17) is 4.74 Å². The van der Waals surface area contributed by atoms with Crippen molar-refractivity contribution in [3.63, 3.8) is 0 Å². The van der Waals surface area contributed by atoms with Crippen molar-refractivity contribution < 1.29 is 9.53 Å². The molecule has 1 aromatic carbocycles. The van der Waals surface area contributed by atoms with Crippen LogP contribution in [0.3, 0.4) is 0 Å². The van der Waals surface area contributed by atoms with Crippen molar-refractivity contribution in [2.75, 3.05) is 7.11 Å². The molecule has 0 aliphatic heterocycles. The quantitative estimate of drug-likeness (QED) is 0.720. The molecule has 0 N–H and O–H groups in total. The van der Waals surface area contributed by atoms with Gasteiger partial charge in [0.15, 0.2) is 0 Å². The lowest BCUT2D eigenvalue weighted by Crippen LogP contribution is -2.42. The summed E-state index contributed by atoms with van der Waals surface area (Å²) in [4.78, 5) is 12.7. The van der Waals surface area contributed by atoms with Crippen LogP contribution in [0.1, 0.15) is 30.4 Å². The van der Waals surface area contributed by atoms with Gasteiger partial charge in [-0.3, -0.25) is 4.79 Å². The van der Waals surface area contributed by atoms with E-state index in [9.17, 15) is 4.79 Å². The minimum Gasteiger partial charge on any atom is -0.497 e. The number of fused-ring (bicyclic) bond motifs is 4. The highest BCUT2D eigenvalue weighted by atomic mass is 16.5. The summed E-state index contributed by atoms with van der Waals surface area (Å²) in [5, 5.41) is 0. The predicted octanol–water partition coefficient (Wildman–Crippen LogP) is 3.09. The summed E-state index contributed by atoms with van der Waals surface area (Å²) >= 11 is 0. The van der Waals surface area contributed by atoms with Gasteiger partial charge in [-0.2, -0.15) is 0 Å². The van der Waals surface area contributed by atoms with Crippen LogP contribution in [0.15, 0.2) is 29.8 Å². The highest BCUT2D eigenvalue weighted by molar-refractivity contribution is 5.90. The second-order valence-electron chi connectivity index (χ2n) is 6.24. The normalized spacial score (nSPS) is 31.5. The van der Waals surface area contributed by atoms with Crippen molar-refractivity contribution in [1.29, 1.82) is 0 Å². The lowest BCUT2D eigenvalue weighted by atomic mass is 9.63. The Kier molecular flexibility index (Phi) is 2.21. The topological polar surface area (TPSA) is 26.3 Å². The number of hydrogen-bond donors (Lipinski definition) is 0. The highest BCUT2D eigenvalue weighted by Gasteiger charge is 2.53. The molecule has 0 amide bonds. The maximum atomic E-state index is 12.7. The molecule has 98 valence electrons. The molecule has 4 rings (SSSR count).